The number of carbonyl (C=O) groups excluding carboxylic acids is 1. The number of hydrogen-bond acceptors (Lipinski definition) is 4. The zero-order chi connectivity index (χ0) is 18.6. The van der Waals surface area contributed by atoms with E-state index in [0.29, 0.717) is 27.2 Å². The van der Waals surface area contributed by atoms with E-state index in [2.05, 4.69) is 16.4 Å². The Morgan fingerprint density at radius 1 is 1.28 bits per heavy atom. The fourth-order valence-electron chi connectivity index (χ4n) is 2.19. The van der Waals surface area contributed by atoms with Gasteiger partial charge in [0.25, 0.3) is 0 Å². The molecular weight excluding hydrogens is 377 g/mol. The van der Waals surface area contributed by atoms with Crippen LogP contribution < -0.4 is 5.32 Å². The summed E-state index contributed by atoms with van der Waals surface area (Å²) in [6.45, 7) is 6.06. The maximum atomic E-state index is 12.1. The van der Waals surface area contributed by atoms with Gasteiger partial charge in [-0.1, -0.05) is 41.0 Å². The number of hydrogen-bond donors (Lipinski definition) is 1. The quantitative estimate of drug-likeness (QED) is 0.753. The maximum absolute atomic E-state index is 12.1. The van der Waals surface area contributed by atoms with Crippen molar-refractivity contribution >= 4 is 40.9 Å². The second-order valence-electron chi connectivity index (χ2n) is 5.54. The molecule has 1 amide bonds. The third-order valence-corrected chi connectivity index (χ3v) is 5.47. The smallest absolute Gasteiger partial charge is 0.230 e. The minimum Gasteiger partial charge on any atom is -0.351 e. The van der Waals surface area contributed by atoms with Gasteiger partial charge in [0.2, 0.25) is 5.91 Å². The summed E-state index contributed by atoms with van der Waals surface area (Å²) >= 11 is 13.2. The number of amides is 1. The molecule has 4 nitrogen and oxygen atoms in total. The molecule has 0 fully saturated rings. The van der Waals surface area contributed by atoms with E-state index in [1.165, 1.54) is 11.8 Å². The van der Waals surface area contributed by atoms with E-state index in [-0.39, 0.29) is 11.7 Å². The Hall–Kier alpha value is -1.74. The van der Waals surface area contributed by atoms with E-state index in [1.807, 2.05) is 20.8 Å². The lowest BCUT2D eigenvalue weighted by Gasteiger charge is -2.11. The number of carbonyl (C=O) groups is 1. The number of nitrogens with zero attached hydrogens (tertiary/aromatic N) is 2. The normalized spacial score (nSPS) is 10.4. The van der Waals surface area contributed by atoms with Gasteiger partial charge < -0.3 is 5.32 Å². The van der Waals surface area contributed by atoms with Crippen LogP contribution in [0.2, 0.25) is 10.0 Å². The van der Waals surface area contributed by atoms with E-state index in [0.717, 1.165) is 22.4 Å². The fourth-order valence-corrected chi connectivity index (χ4v) is 3.58. The molecule has 0 saturated carbocycles. The van der Waals surface area contributed by atoms with Crippen LogP contribution in [0.15, 0.2) is 23.2 Å². The first kappa shape index (κ1) is 19.6. The summed E-state index contributed by atoms with van der Waals surface area (Å²) in [5.41, 5.74) is 4.10. The van der Waals surface area contributed by atoms with Gasteiger partial charge in [0.05, 0.1) is 11.3 Å². The highest BCUT2D eigenvalue weighted by Gasteiger charge is 2.14. The van der Waals surface area contributed by atoms with Gasteiger partial charge in [0, 0.05) is 22.3 Å². The molecule has 0 bridgehead atoms. The number of thioether (sulfide) groups is 1. The van der Waals surface area contributed by atoms with Crippen LogP contribution in [-0.4, -0.2) is 16.6 Å². The van der Waals surface area contributed by atoms with Gasteiger partial charge in [0.15, 0.2) is 0 Å². The molecule has 0 aliphatic carbocycles. The number of pyridine rings is 1. The van der Waals surface area contributed by atoms with Crippen LogP contribution in [0.25, 0.3) is 0 Å². The average molecular weight is 394 g/mol. The van der Waals surface area contributed by atoms with Crippen molar-refractivity contribution in [3.8, 4) is 6.07 Å². The van der Waals surface area contributed by atoms with E-state index in [4.69, 9.17) is 23.2 Å². The summed E-state index contributed by atoms with van der Waals surface area (Å²) in [5, 5.41) is 13.8. The molecule has 0 spiro atoms. The predicted molar refractivity (Wildman–Crippen MR) is 102 cm³/mol. The lowest BCUT2D eigenvalue weighted by Crippen LogP contribution is -2.24. The van der Waals surface area contributed by atoms with Gasteiger partial charge in [-0.3, -0.25) is 4.79 Å². The number of rotatable bonds is 5. The number of aromatic nitrogens is 1. The van der Waals surface area contributed by atoms with Gasteiger partial charge in [-0.25, -0.2) is 4.98 Å². The van der Waals surface area contributed by atoms with Gasteiger partial charge in [-0.2, -0.15) is 5.26 Å². The molecule has 0 saturated heterocycles. The van der Waals surface area contributed by atoms with Gasteiger partial charge in [0.1, 0.15) is 11.1 Å². The van der Waals surface area contributed by atoms with Crippen LogP contribution in [0.3, 0.4) is 0 Å². The Morgan fingerprint density at radius 2 is 2.00 bits per heavy atom. The zero-order valence-electron chi connectivity index (χ0n) is 14.1. The molecule has 130 valence electrons. The Balaban J connectivity index is 2.00. The van der Waals surface area contributed by atoms with E-state index in [9.17, 15) is 10.1 Å². The van der Waals surface area contributed by atoms with Crippen molar-refractivity contribution in [3.63, 3.8) is 0 Å². The number of nitrogens with one attached hydrogen (secondary N) is 1. The van der Waals surface area contributed by atoms with Crippen molar-refractivity contribution in [1.82, 2.24) is 10.3 Å². The minimum atomic E-state index is -0.155. The van der Waals surface area contributed by atoms with Crippen molar-refractivity contribution in [1.29, 1.82) is 5.26 Å². The van der Waals surface area contributed by atoms with Gasteiger partial charge in [-0.15, -0.1) is 0 Å². The monoisotopic (exact) mass is 393 g/mol. The Labute approximate surface area is 161 Å². The summed E-state index contributed by atoms with van der Waals surface area (Å²) in [6.07, 6.45) is 0. The highest BCUT2D eigenvalue weighted by atomic mass is 35.5. The summed E-state index contributed by atoms with van der Waals surface area (Å²) in [7, 11) is 0. The summed E-state index contributed by atoms with van der Waals surface area (Å²) < 4.78 is 0. The van der Waals surface area contributed by atoms with E-state index < -0.39 is 0 Å². The van der Waals surface area contributed by atoms with Crippen molar-refractivity contribution in [2.24, 2.45) is 0 Å². The number of nitriles is 1. The second-order valence-corrected chi connectivity index (χ2v) is 7.35. The van der Waals surface area contributed by atoms with Crippen LogP contribution in [0.5, 0.6) is 0 Å². The Bertz CT molecular complexity index is 862. The van der Waals surface area contributed by atoms with Crippen LogP contribution >= 0.6 is 35.0 Å². The molecule has 0 unspecified atom stereocenters. The molecule has 2 rings (SSSR count). The highest BCUT2D eigenvalue weighted by Crippen LogP contribution is 2.26. The Kier molecular flexibility index (Phi) is 6.71. The summed E-state index contributed by atoms with van der Waals surface area (Å²) in [4.78, 5) is 16.5. The first-order valence-corrected chi connectivity index (χ1v) is 9.29. The standard InChI is InChI=1S/C18H17Cl2N3OS/c1-10-11(2)15(7-21)18(23-12(10)3)25-9-17(24)22-8-13-4-5-14(19)6-16(13)20/h4-6H,8-9H2,1-3H3,(H,22,24). The van der Waals surface area contributed by atoms with E-state index in [1.54, 1.807) is 18.2 Å². The number of aryl methyl sites for hydroxylation is 1. The van der Waals surface area contributed by atoms with Crippen molar-refractivity contribution in [2.75, 3.05) is 5.75 Å². The fraction of sp³-hybridized carbons (Fsp3) is 0.278. The molecular formula is C18H17Cl2N3OS. The Morgan fingerprint density at radius 3 is 2.64 bits per heavy atom. The number of benzene rings is 1. The molecule has 0 aliphatic rings. The second kappa shape index (κ2) is 8.57. The molecule has 1 aromatic heterocycles. The van der Waals surface area contributed by atoms with Crippen LogP contribution in [0.4, 0.5) is 0 Å². The lowest BCUT2D eigenvalue weighted by atomic mass is 10.1. The molecule has 1 heterocycles. The van der Waals surface area contributed by atoms with Crippen LogP contribution in [0, 0.1) is 32.1 Å². The largest absolute Gasteiger partial charge is 0.351 e. The van der Waals surface area contributed by atoms with Gasteiger partial charge in [-0.05, 0) is 49.6 Å². The molecule has 2 aromatic rings. The molecule has 0 atom stereocenters. The molecule has 25 heavy (non-hydrogen) atoms. The van der Waals surface area contributed by atoms with Crippen LogP contribution in [-0.2, 0) is 11.3 Å². The van der Waals surface area contributed by atoms with Crippen molar-refractivity contribution in [3.05, 3.63) is 56.2 Å². The zero-order valence-corrected chi connectivity index (χ0v) is 16.4. The molecule has 7 heteroatoms. The maximum Gasteiger partial charge on any atom is 0.230 e. The molecule has 0 aliphatic heterocycles. The summed E-state index contributed by atoms with van der Waals surface area (Å²) in [6, 6.07) is 7.33. The summed E-state index contributed by atoms with van der Waals surface area (Å²) in [5.74, 6) is 0.0204. The topological polar surface area (TPSA) is 65.8 Å². The minimum absolute atomic E-state index is 0.155. The average Bonchev–Trinajstić information content (AvgIpc) is 2.57. The van der Waals surface area contributed by atoms with E-state index >= 15 is 0 Å². The lowest BCUT2D eigenvalue weighted by molar-refractivity contribution is -0.118. The number of halogens is 2. The highest BCUT2D eigenvalue weighted by molar-refractivity contribution is 8.00. The van der Waals surface area contributed by atoms with Crippen molar-refractivity contribution < 1.29 is 4.79 Å². The van der Waals surface area contributed by atoms with Crippen molar-refractivity contribution in [2.45, 2.75) is 32.3 Å². The third kappa shape index (κ3) is 4.88. The molecule has 0 radical (unpaired) electrons. The first-order chi connectivity index (χ1) is 11.8. The predicted octanol–water partition coefficient (Wildman–Crippen LogP) is 4.59. The van der Waals surface area contributed by atoms with Gasteiger partial charge >= 0.3 is 0 Å². The van der Waals surface area contributed by atoms with Crippen LogP contribution in [0.1, 0.15) is 27.9 Å². The third-order valence-electron chi connectivity index (χ3n) is 3.91. The molecule has 1 aromatic carbocycles. The molecule has 1 N–H and O–H groups in total. The SMILES string of the molecule is Cc1nc(SCC(=O)NCc2ccc(Cl)cc2Cl)c(C#N)c(C)c1C. The first-order valence-electron chi connectivity index (χ1n) is 7.54.